The van der Waals surface area contributed by atoms with E-state index in [-0.39, 0.29) is 22.1 Å². The highest BCUT2D eigenvalue weighted by Crippen LogP contribution is 2.18. The summed E-state index contributed by atoms with van der Waals surface area (Å²) in [5.74, 6) is -0.887. The molecule has 3 aromatic rings. The summed E-state index contributed by atoms with van der Waals surface area (Å²) in [6.07, 6.45) is 1.02. The average Bonchev–Trinajstić information content (AvgIpc) is 3.22. The van der Waals surface area contributed by atoms with Gasteiger partial charge in [0.25, 0.3) is 11.5 Å². The van der Waals surface area contributed by atoms with Crippen LogP contribution in [-0.2, 0) is 14.1 Å². The second-order valence-electron chi connectivity index (χ2n) is 6.10. The van der Waals surface area contributed by atoms with E-state index in [1.54, 1.807) is 30.3 Å². The number of hydrogen-bond donors (Lipinski definition) is 4. The molecule has 5 N–H and O–H groups in total. The molecular weight excluding hydrogens is 426 g/mol. The fourth-order valence-electron chi connectivity index (χ4n) is 2.42. The first-order valence-corrected chi connectivity index (χ1v) is 9.41. The number of benzene rings is 1. The van der Waals surface area contributed by atoms with Crippen molar-refractivity contribution in [3.05, 3.63) is 62.4 Å². The van der Waals surface area contributed by atoms with Crippen LogP contribution in [0.15, 0.2) is 45.0 Å². The zero-order valence-electron chi connectivity index (χ0n) is 16.3. The summed E-state index contributed by atoms with van der Waals surface area (Å²) < 4.78 is 5.59. The normalized spacial score (nSPS) is 10.8. The Hall–Kier alpha value is -4.33. The van der Waals surface area contributed by atoms with Crippen LogP contribution in [0.4, 0.5) is 21.3 Å². The highest BCUT2D eigenvalue weighted by molar-refractivity contribution is 7.10. The van der Waals surface area contributed by atoms with Gasteiger partial charge in [0.2, 0.25) is 0 Å². The van der Waals surface area contributed by atoms with E-state index in [1.165, 1.54) is 14.1 Å². The molecule has 0 bridgehead atoms. The quantitative estimate of drug-likeness (QED) is 0.315. The number of carbonyl (C=O) groups excluding carboxylic acids is 2. The molecule has 3 amide bonds. The van der Waals surface area contributed by atoms with Crippen LogP contribution in [0.3, 0.4) is 0 Å². The lowest BCUT2D eigenvalue weighted by molar-refractivity contribution is 0.0951. The van der Waals surface area contributed by atoms with Crippen LogP contribution in [0, 0.1) is 0 Å². The summed E-state index contributed by atoms with van der Waals surface area (Å²) >= 11 is 0.800. The number of anilines is 3. The van der Waals surface area contributed by atoms with Crippen molar-refractivity contribution >= 4 is 46.2 Å². The van der Waals surface area contributed by atoms with Gasteiger partial charge in [0, 0.05) is 31.3 Å². The van der Waals surface area contributed by atoms with E-state index in [9.17, 15) is 19.2 Å². The van der Waals surface area contributed by atoms with Gasteiger partial charge in [-0.25, -0.2) is 15.0 Å². The second kappa shape index (κ2) is 9.00. The molecule has 0 aliphatic heterocycles. The van der Waals surface area contributed by atoms with Gasteiger partial charge in [-0.05, 0) is 12.1 Å². The maximum absolute atomic E-state index is 12.4. The third kappa shape index (κ3) is 4.64. The van der Waals surface area contributed by atoms with Crippen LogP contribution in [0.2, 0.25) is 0 Å². The molecule has 0 radical (unpaired) electrons. The van der Waals surface area contributed by atoms with Crippen molar-refractivity contribution in [2.75, 3.05) is 16.4 Å². The predicted octanol–water partition coefficient (Wildman–Crippen LogP) is -0.0744. The smallest absolute Gasteiger partial charge is 0.332 e. The number of nitrogens with two attached hydrogens (primary N) is 1. The summed E-state index contributed by atoms with van der Waals surface area (Å²) in [5, 5.41) is 12.6. The number of para-hydroxylation sites is 1. The minimum Gasteiger partial charge on any atom is -0.384 e. The molecule has 13 nitrogen and oxygen atoms in total. The minimum absolute atomic E-state index is 0.0816. The lowest BCUT2D eigenvalue weighted by Gasteiger charge is -2.08. The number of hydrogen-bond acceptors (Lipinski definition) is 9. The third-order valence-electron chi connectivity index (χ3n) is 4.07. The minimum atomic E-state index is -0.778. The van der Waals surface area contributed by atoms with Gasteiger partial charge in [0.15, 0.2) is 10.7 Å². The maximum Gasteiger partial charge on any atom is 0.332 e. The van der Waals surface area contributed by atoms with Crippen LogP contribution in [-0.4, -0.2) is 36.9 Å². The number of amides is 3. The fraction of sp³-hybridized carbons (Fsp3) is 0.118. The Bertz CT molecular complexity index is 1280. The van der Waals surface area contributed by atoms with Gasteiger partial charge in [-0.15, -0.1) is 5.10 Å². The molecule has 0 atom stereocenters. The van der Waals surface area contributed by atoms with Crippen LogP contribution in [0.1, 0.15) is 16.1 Å². The Morgan fingerprint density at radius 3 is 2.55 bits per heavy atom. The number of nitrogens with zero attached hydrogens (tertiary/aromatic N) is 5. The van der Waals surface area contributed by atoms with Crippen LogP contribution in [0.25, 0.3) is 0 Å². The Labute approximate surface area is 178 Å². The molecule has 0 spiro atoms. The number of urea groups is 1. The molecule has 1 aromatic carbocycles. The first-order chi connectivity index (χ1) is 14.8. The molecule has 2 heterocycles. The standard InChI is InChI=1S/C17H17N9O4S/c1-25-12(18)10(15(28)26(2)17(25)30)8-19-23-13(27)11-14(31-24-22-11)21-16(29)20-9-6-4-3-5-7-9/h3-8H,18H2,1-2H3,(H,23,27)(H2,20,21,29)/b19-8-. The van der Waals surface area contributed by atoms with E-state index in [2.05, 4.69) is 30.7 Å². The lowest BCUT2D eigenvalue weighted by atomic mass is 10.3. The van der Waals surface area contributed by atoms with E-state index < -0.39 is 23.2 Å². The van der Waals surface area contributed by atoms with Gasteiger partial charge in [0.05, 0.1) is 6.21 Å². The molecule has 31 heavy (non-hydrogen) atoms. The highest BCUT2D eigenvalue weighted by atomic mass is 32.1. The topological polar surface area (TPSA) is 178 Å². The number of aromatic nitrogens is 4. The van der Waals surface area contributed by atoms with Crippen LogP contribution < -0.4 is 33.0 Å². The predicted molar refractivity (Wildman–Crippen MR) is 115 cm³/mol. The second-order valence-corrected chi connectivity index (χ2v) is 6.85. The Morgan fingerprint density at radius 1 is 1.13 bits per heavy atom. The van der Waals surface area contributed by atoms with Crippen LogP contribution >= 0.6 is 11.5 Å². The summed E-state index contributed by atoms with van der Waals surface area (Å²) in [6.45, 7) is 0. The number of rotatable bonds is 5. The number of nitrogens with one attached hydrogen (secondary N) is 3. The first kappa shape index (κ1) is 21.4. The Kier molecular flexibility index (Phi) is 6.21. The number of carbonyl (C=O) groups is 2. The largest absolute Gasteiger partial charge is 0.384 e. The molecule has 0 unspecified atom stereocenters. The van der Waals surface area contributed by atoms with Crippen molar-refractivity contribution in [2.45, 2.75) is 0 Å². The zero-order chi connectivity index (χ0) is 22.5. The zero-order valence-corrected chi connectivity index (χ0v) is 17.1. The highest BCUT2D eigenvalue weighted by Gasteiger charge is 2.18. The summed E-state index contributed by atoms with van der Waals surface area (Å²) in [7, 11) is 2.69. The maximum atomic E-state index is 12.4. The summed E-state index contributed by atoms with van der Waals surface area (Å²) in [5.41, 5.74) is 6.99. The van der Waals surface area contributed by atoms with Gasteiger partial charge >= 0.3 is 11.7 Å². The van der Waals surface area contributed by atoms with Gasteiger partial charge in [-0.3, -0.25) is 24.0 Å². The molecule has 0 aliphatic rings. The molecule has 3 rings (SSSR count). The SMILES string of the molecule is Cn1c(N)c(/C=N\NC(=O)c2nnsc2NC(=O)Nc2ccccc2)c(=O)n(C)c1=O. The van der Waals surface area contributed by atoms with Crippen molar-refractivity contribution in [3.63, 3.8) is 0 Å². The van der Waals surface area contributed by atoms with Crippen molar-refractivity contribution < 1.29 is 9.59 Å². The van der Waals surface area contributed by atoms with Gasteiger partial charge in [0.1, 0.15) is 11.4 Å². The van der Waals surface area contributed by atoms with E-state index in [1.807, 2.05) is 0 Å². The van der Waals surface area contributed by atoms with Crippen molar-refractivity contribution in [3.8, 4) is 0 Å². The van der Waals surface area contributed by atoms with Crippen molar-refractivity contribution in [1.82, 2.24) is 24.1 Å². The van der Waals surface area contributed by atoms with Gasteiger partial charge in [-0.2, -0.15) is 5.10 Å². The third-order valence-corrected chi connectivity index (χ3v) is 4.71. The Balaban J connectivity index is 1.70. The molecular formula is C17H17N9O4S. The van der Waals surface area contributed by atoms with Gasteiger partial charge < -0.3 is 11.1 Å². The summed E-state index contributed by atoms with van der Waals surface area (Å²) in [6, 6.07) is 8.12. The number of nitrogen functional groups attached to an aromatic ring is 1. The van der Waals surface area contributed by atoms with E-state index in [0.717, 1.165) is 26.9 Å². The van der Waals surface area contributed by atoms with E-state index >= 15 is 0 Å². The lowest BCUT2D eigenvalue weighted by Crippen LogP contribution is -2.40. The Morgan fingerprint density at radius 2 is 1.84 bits per heavy atom. The summed E-state index contributed by atoms with van der Waals surface area (Å²) in [4.78, 5) is 48.5. The molecule has 0 fully saturated rings. The molecule has 160 valence electrons. The molecule has 0 saturated carbocycles. The van der Waals surface area contributed by atoms with E-state index in [0.29, 0.717) is 5.69 Å². The van der Waals surface area contributed by atoms with Crippen molar-refractivity contribution in [2.24, 2.45) is 19.2 Å². The van der Waals surface area contributed by atoms with E-state index in [4.69, 9.17) is 5.73 Å². The monoisotopic (exact) mass is 443 g/mol. The number of hydrazone groups is 1. The molecule has 14 heteroatoms. The first-order valence-electron chi connectivity index (χ1n) is 8.64. The van der Waals surface area contributed by atoms with Crippen molar-refractivity contribution in [1.29, 1.82) is 0 Å². The van der Waals surface area contributed by atoms with Crippen LogP contribution in [0.5, 0.6) is 0 Å². The molecule has 0 aliphatic carbocycles. The molecule has 0 saturated heterocycles. The average molecular weight is 443 g/mol. The van der Waals surface area contributed by atoms with Gasteiger partial charge in [-0.1, -0.05) is 22.7 Å². The fourth-order valence-corrected chi connectivity index (χ4v) is 2.99. The molecule has 2 aromatic heterocycles.